The second-order valence-corrected chi connectivity index (χ2v) is 5.96. The standard InChI is InChI=1S/C17H17Cl2NO/c1-11-3-5-13(6-4-11)9-17(21)20-12(2)15-8-7-14(18)10-16(15)19/h3-8,10,12H,9H2,1-2H3,(H,20,21)/t12-/m1/s1. The first kappa shape index (κ1) is 15.9. The van der Waals surface area contributed by atoms with E-state index >= 15 is 0 Å². The molecule has 0 unspecified atom stereocenters. The lowest BCUT2D eigenvalue weighted by atomic mass is 10.1. The van der Waals surface area contributed by atoms with E-state index in [4.69, 9.17) is 23.2 Å². The van der Waals surface area contributed by atoms with Crippen LogP contribution >= 0.6 is 23.2 Å². The minimum absolute atomic E-state index is 0.0302. The highest BCUT2D eigenvalue weighted by Gasteiger charge is 2.13. The monoisotopic (exact) mass is 321 g/mol. The predicted molar refractivity (Wildman–Crippen MR) is 87.9 cm³/mol. The molecule has 0 spiro atoms. The Kier molecular flexibility index (Phi) is 5.27. The molecule has 0 saturated carbocycles. The molecule has 0 bridgehead atoms. The molecular formula is C17H17Cl2NO. The van der Waals surface area contributed by atoms with E-state index in [0.717, 1.165) is 11.1 Å². The summed E-state index contributed by atoms with van der Waals surface area (Å²) >= 11 is 12.0. The van der Waals surface area contributed by atoms with Gasteiger partial charge in [0.2, 0.25) is 5.91 Å². The molecular weight excluding hydrogens is 305 g/mol. The van der Waals surface area contributed by atoms with Crippen molar-refractivity contribution in [1.29, 1.82) is 0 Å². The Morgan fingerprint density at radius 2 is 1.81 bits per heavy atom. The van der Waals surface area contributed by atoms with Crippen LogP contribution in [0.15, 0.2) is 42.5 Å². The van der Waals surface area contributed by atoms with Crippen molar-refractivity contribution in [2.75, 3.05) is 0 Å². The molecule has 21 heavy (non-hydrogen) atoms. The average Bonchev–Trinajstić information content (AvgIpc) is 2.41. The van der Waals surface area contributed by atoms with Crippen LogP contribution in [-0.4, -0.2) is 5.91 Å². The van der Waals surface area contributed by atoms with Gasteiger partial charge in [-0.15, -0.1) is 0 Å². The van der Waals surface area contributed by atoms with E-state index in [2.05, 4.69) is 5.32 Å². The molecule has 1 amide bonds. The number of hydrogen-bond acceptors (Lipinski definition) is 1. The lowest BCUT2D eigenvalue weighted by molar-refractivity contribution is -0.121. The zero-order chi connectivity index (χ0) is 15.4. The first-order chi connectivity index (χ1) is 9.95. The number of benzene rings is 2. The molecule has 0 aliphatic carbocycles. The minimum Gasteiger partial charge on any atom is -0.349 e. The van der Waals surface area contributed by atoms with Crippen molar-refractivity contribution in [2.45, 2.75) is 26.3 Å². The van der Waals surface area contributed by atoms with Crippen LogP contribution in [0.5, 0.6) is 0 Å². The van der Waals surface area contributed by atoms with Crippen molar-refractivity contribution in [3.63, 3.8) is 0 Å². The fraction of sp³-hybridized carbons (Fsp3) is 0.235. The molecule has 1 atom stereocenters. The van der Waals surface area contributed by atoms with Gasteiger partial charge in [-0.1, -0.05) is 59.1 Å². The van der Waals surface area contributed by atoms with Gasteiger partial charge in [0, 0.05) is 10.0 Å². The van der Waals surface area contributed by atoms with Crippen molar-refractivity contribution >= 4 is 29.1 Å². The zero-order valence-corrected chi connectivity index (χ0v) is 13.5. The maximum atomic E-state index is 12.1. The normalized spacial score (nSPS) is 12.0. The van der Waals surface area contributed by atoms with Crippen LogP contribution in [0.4, 0.5) is 0 Å². The Hall–Kier alpha value is -1.51. The molecule has 0 fully saturated rings. The summed E-state index contributed by atoms with van der Waals surface area (Å²) < 4.78 is 0. The van der Waals surface area contributed by atoms with E-state index in [9.17, 15) is 4.79 Å². The number of halogens is 2. The molecule has 0 aliphatic rings. The fourth-order valence-electron chi connectivity index (χ4n) is 2.11. The Labute approximate surface area is 135 Å². The van der Waals surface area contributed by atoms with Crippen molar-refractivity contribution < 1.29 is 4.79 Å². The number of carbonyl (C=O) groups is 1. The van der Waals surface area contributed by atoms with Crippen LogP contribution in [0.1, 0.15) is 29.7 Å². The quantitative estimate of drug-likeness (QED) is 0.867. The largest absolute Gasteiger partial charge is 0.349 e. The van der Waals surface area contributed by atoms with E-state index in [1.165, 1.54) is 5.56 Å². The summed E-state index contributed by atoms with van der Waals surface area (Å²) in [6, 6.07) is 13.1. The van der Waals surface area contributed by atoms with Crippen LogP contribution in [-0.2, 0) is 11.2 Å². The summed E-state index contributed by atoms with van der Waals surface area (Å²) in [6.45, 7) is 3.93. The molecule has 2 aromatic carbocycles. The van der Waals surface area contributed by atoms with Crippen LogP contribution in [0.3, 0.4) is 0 Å². The van der Waals surface area contributed by atoms with Crippen LogP contribution in [0.2, 0.25) is 10.0 Å². The lowest BCUT2D eigenvalue weighted by Crippen LogP contribution is -2.28. The van der Waals surface area contributed by atoms with Crippen molar-refractivity contribution in [3.8, 4) is 0 Å². The Bertz CT molecular complexity index is 638. The van der Waals surface area contributed by atoms with Gasteiger partial charge in [0.1, 0.15) is 0 Å². The summed E-state index contributed by atoms with van der Waals surface area (Å²) in [5.74, 6) is -0.0302. The molecule has 1 N–H and O–H groups in total. The summed E-state index contributed by atoms with van der Waals surface area (Å²) in [4.78, 5) is 12.1. The van der Waals surface area contributed by atoms with E-state index in [1.807, 2.05) is 44.2 Å². The van der Waals surface area contributed by atoms with Crippen LogP contribution in [0, 0.1) is 6.92 Å². The summed E-state index contributed by atoms with van der Waals surface area (Å²) in [7, 11) is 0. The Balaban J connectivity index is 2.00. The third-order valence-electron chi connectivity index (χ3n) is 3.29. The third kappa shape index (κ3) is 4.48. The molecule has 0 saturated heterocycles. The molecule has 0 aliphatic heterocycles. The summed E-state index contributed by atoms with van der Waals surface area (Å²) in [5.41, 5.74) is 3.03. The van der Waals surface area contributed by atoms with Gasteiger partial charge in [-0.05, 0) is 37.1 Å². The zero-order valence-electron chi connectivity index (χ0n) is 12.0. The number of rotatable bonds is 4. The van der Waals surface area contributed by atoms with Gasteiger partial charge in [0.15, 0.2) is 0 Å². The van der Waals surface area contributed by atoms with Crippen LogP contribution < -0.4 is 5.32 Å². The predicted octanol–water partition coefficient (Wildman–Crippen LogP) is 4.72. The Morgan fingerprint density at radius 3 is 2.43 bits per heavy atom. The third-order valence-corrected chi connectivity index (χ3v) is 3.85. The van der Waals surface area contributed by atoms with E-state index < -0.39 is 0 Å². The molecule has 0 radical (unpaired) electrons. The lowest BCUT2D eigenvalue weighted by Gasteiger charge is -2.16. The van der Waals surface area contributed by atoms with Crippen molar-refractivity contribution in [1.82, 2.24) is 5.32 Å². The van der Waals surface area contributed by atoms with Crippen molar-refractivity contribution in [3.05, 3.63) is 69.2 Å². The highest BCUT2D eigenvalue weighted by molar-refractivity contribution is 6.35. The fourth-order valence-corrected chi connectivity index (χ4v) is 2.69. The first-order valence-corrected chi connectivity index (χ1v) is 7.51. The Morgan fingerprint density at radius 1 is 1.14 bits per heavy atom. The maximum Gasteiger partial charge on any atom is 0.224 e. The first-order valence-electron chi connectivity index (χ1n) is 6.75. The highest BCUT2D eigenvalue weighted by atomic mass is 35.5. The van der Waals surface area contributed by atoms with E-state index in [1.54, 1.807) is 12.1 Å². The minimum atomic E-state index is -0.160. The molecule has 2 rings (SSSR count). The van der Waals surface area contributed by atoms with Gasteiger partial charge >= 0.3 is 0 Å². The number of carbonyl (C=O) groups excluding carboxylic acids is 1. The van der Waals surface area contributed by atoms with Gasteiger partial charge in [0.25, 0.3) is 0 Å². The van der Waals surface area contributed by atoms with Gasteiger partial charge in [0.05, 0.1) is 12.5 Å². The SMILES string of the molecule is Cc1ccc(CC(=O)N[C@H](C)c2ccc(Cl)cc2Cl)cc1. The van der Waals surface area contributed by atoms with E-state index in [-0.39, 0.29) is 11.9 Å². The van der Waals surface area contributed by atoms with Crippen LogP contribution in [0.25, 0.3) is 0 Å². The summed E-state index contributed by atoms with van der Waals surface area (Å²) in [6.07, 6.45) is 0.357. The second-order valence-electron chi connectivity index (χ2n) is 5.12. The average molecular weight is 322 g/mol. The van der Waals surface area contributed by atoms with E-state index in [0.29, 0.717) is 16.5 Å². The number of hydrogen-bond donors (Lipinski definition) is 1. The number of amides is 1. The highest BCUT2D eigenvalue weighted by Crippen LogP contribution is 2.26. The molecule has 2 aromatic rings. The molecule has 4 heteroatoms. The number of nitrogens with one attached hydrogen (secondary N) is 1. The van der Waals surface area contributed by atoms with Crippen molar-refractivity contribution in [2.24, 2.45) is 0 Å². The molecule has 110 valence electrons. The number of aryl methyl sites for hydroxylation is 1. The topological polar surface area (TPSA) is 29.1 Å². The molecule has 0 heterocycles. The van der Waals surface area contributed by atoms with Gasteiger partial charge in [-0.25, -0.2) is 0 Å². The smallest absolute Gasteiger partial charge is 0.224 e. The molecule has 0 aromatic heterocycles. The second kappa shape index (κ2) is 6.97. The summed E-state index contributed by atoms with van der Waals surface area (Å²) in [5, 5.41) is 4.10. The molecule has 2 nitrogen and oxygen atoms in total. The maximum absolute atomic E-state index is 12.1. The van der Waals surface area contributed by atoms with Gasteiger partial charge in [-0.3, -0.25) is 4.79 Å². The van der Waals surface area contributed by atoms with Gasteiger partial charge < -0.3 is 5.32 Å². The van der Waals surface area contributed by atoms with Gasteiger partial charge in [-0.2, -0.15) is 0 Å².